The van der Waals surface area contributed by atoms with Crippen molar-refractivity contribution in [3.63, 3.8) is 0 Å². The highest BCUT2D eigenvalue weighted by Gasteiger charge is 2.17. The van der Waals surface area contributed by atoms with Gasteiger partial charge in [0.2, 0.25) is 0 Å². The zero-order chi connectivity index (χ0) is 20.9. The van der Waals surface area contributed by atoms with Gasteiger partial charge in [-0.15, -0.1) is 0 Å². The number of aromatic amines is 3. The van der Waals surface area contributed by atoms with Crippen LogP contribution in [0.3, 0.4) is 0 Å². The highest BCUT2D eigenvalue weighted by Crippen LogP contribution is 2.29. The van der Waals surface area contributed by atoms with Crippen molar-refractivity contribution in [3.8, 4) is 0 Å². The summed E-state index contributed by atoms with van der Waals surface area (Å²) in [5.41, 5.74) is 4.25. The van der Waals surface area contributed by atoms with Crippen molar-refractivity contribution in [1.82, 2.24) is 24.9 Å². The lowest BCUT2D eigenvalue weighted by Crippen LogP contribution is -2.04. The summed E-state index contributed by atoms with van der Waals surface area (Å²) in [4.78, 5) is 27.2. The van der Waals surface area contributed by atoms with E-state index in [1.54, 1.807) is 24.5 Å². The van der Waals surface area contributed by atoms with Gasteiger partial charge >= 0.3 is 0 Å². The summed E-state index contributed by atoms with van der Waals surface area (Å²) in [6.45, 7) is 0. The molecule has 0 aliphatic carbocycles. The lowest BCUT2D eigenvalue weighted by atomic mass is 9.93. The Bertz CT molecular complexity index is 990. The van der Waals surface area contributed by atoms with E-state index >= 15 is 0 Å². The predicted molar refractivity (Wildman–Crippen MR) is 117 cm³/mol. The van der Waals surface area contributed by atoms with Gasteiger partial charge < -0.3 is 15.0 Å². The van der Waals surface area contributed by atoms with Gasteiger partial charge in [-0.25, -0.2) is 0 Å². The summed E-state index contributed by atoms with van der Waals surface area (Å²) in [7, 11) is 0. The fourth-order valence-electron chi connectivity index (χ4n) is 2.85. The molecule has 5 aromatic rings. The third kappa shape index (κ3) is 6.17. The van der Waals surface area contributed by atoms with Crippen LogP contribution in [-0.2, 0) is 0 Å². The summed E-state index contributed by atoms with van der Waals surface area (Å²) in [6.07, 6.45) is 15.3. The fourth-order valence-corrected chi connectivity index (χ4v) is 2.85. The van der Waals surface area contributed by atoms with E-state index < -0.39 is 0 Å². The second kappa shape index (κ2) is 11.6. The molecule has 150 valence electrons. The van der Waals surface area contributed by atoms with Crippen LogP contribution in [0.2, 0.25) is 0 Å². The molecule has 6 heteroatoms. The van der Waals surface area contributed by atoms with Crippen molar-refractivity contribution < 1.29 is 4.79 Å². The summed E-state index contributed by atoms with van der Waals surface area (Å²) < 4.78 is 0. The van der Waals surface area contributed by atoms with Crippen molar-refractivity contribution in [3.05, 3.63) is 133 Å². The Morgan fingerprint density at radius 2 is 1.20 bits per heavy atom. The molecule has 0 saturated heterocycles. The Morgan fingerprint density at radius 3 is 1.57 bits per heavy atom. The molecule has 0 aliphatic rings. The first-order chi connectivity index (χ1) is 14.9. The van der Waals surface area contributed by atoms with Crippen LogP contribution in [0.15, 0.2) is 110 Å². The minimum Gasteiger partial charge on any atom is -0.368 e. The molecular formula is C24H23N5O. The van der Waals surface area contributed by atoms with Crippen LogP contribution in [0.1, 0.15) is 33.2 Å². The lowest BCUT2D eigenvalue weighted by Gasteiger charge is -2.14. The number of carbonyl (C=O) groups excluding carboxylic acids is 1. The number of hydrogen-bond donors (Lipinski definition) is 3. The molecule has 0 amide bonds. The van der Waals surface area contributed by atoms with E-state index in [0.29, 0.717) is 5.56 Å². The monoisotopic (exact) mass is 397 g/mol. The minimum atomic E-state index is 0.211. The molecule has 0 spiro atoms. The van der Waals surface area contributed by atoms with Gasteiger partial charge in [0, 0.05) is 66.5 Å². The molecule has 0 fully saturated rings. The number of aldehydes is 1. The van der Waals surface area contributed by atoms with Gasteiger partial charge in [-0.1, -0.05) is 0 Å². The Balaban J connectivity index is 0.000000162. The Labute approximate surface area is 175 Å². The highest BCUT2D eigenvalue weighted by atomic mass is 16.1. The first-order valence-electron chi connectivity index (χ1n) is 9.48. The molecule has 6 nitrogen and oxygen atoms in total. The third-order valence-corrected chi connectivity index (χ3v) is 4.24. The van der Waals surface area contributed by atoms with Crippen molar-refractivity contribution in [1.29, 1.82) is 0 Å². The molecule has 0 aromatic carbocycles. The summed E-state index contributed by atoms with van der Waals surface area (Å²) in [5.74, 6) is 0.211. The summed E-state index contributed by atoms with van der Waals surface area (Å²) in [5, 5.41) is 0. The highest BCUT2D eigenvalue weighted by molar-refractivity contribution is 5.73. The van der Waals surface area contributed by atoms with Gasteiger partial charge in [0.1, 0.15) is 6.29 Å². The second-order valence-corrected chi connectivity index (χ2v) is 6.25. The number of rotatable bonds is 4. The van der Waals surface area contributed by atoms with Crippen molar-refractivity contribution >= 4 is 6.29 Å². The first-order valence-corrected chi connectivity index (χ1v) is 9.48. The number of H-pyrrole nitrogens is 3. The van der Waals surface area contributed by atoms with Crippen LogP contribution in [0.5, 0.6) is 0 Å². The zero-order valence-electron chi connectivity index (χ0n) is 16.3. The van der Waals surface area contributed by atoms with Crippen LogP contribution >= 0.6 is 0 Å². The number of hydrogen-bond acceptors (Lipinski definition) is 3. The molecular weight excluding hydrogens is 374 g/mol. The van der Waals surface area contributed by atoms with E-state index in [2.05, 4.69) is 37.1 Å². The largest absolute Gasteiger partial charge is 0.368 e. The van der Waals surface area contributed by atoms with E-state index in [-0.39, 0.29) is 5.92 Å². The molecule has 5 aromatic heterocycles. The average molecular weight is 397 g/mol. The SMILES string of the molecule is O=Cc1ccncc1.c1c[nH]c(C(c2ccncc2)c2ccc[nH]2)c1.c1cc[nH]c1. The molecule has 0 aliphatic heterocycles. The van der Waals surface area contributed by atoms with E-state index in [9.17, 15) is 4.79 Å². The molecule has 0 unspecified atom stereocenters. The van der Waals surface area contributed by atoms with Crippen LogP contribution in [-0.4, -0.2) is 31.2 Å². The molecule has 30 heavy (non-hydrogen) atoms. The molecule has 5 rings (SSSR count). The minimum absolute atomic E-state index is 0.211. The zero-order valence-corrected chi connectivity index (χ0v) is 16.3. The first kappa shape index (κ1) is 20.5. The lowest BCUT2D eigenvalue weighted by molar-refractivity contribution is 0.112. The quantitative estimate of drug-likeness (QED) is 0.380. The Kier molecular flexibility index (Phi) is 7.95. The molecule has 0 atom stereocenters. The third-order valence-electron chi connectivity index (χ3n) is 4.24. The number of aromatic nitrogens is 5. The second-order valence-electron chi connectivity index (χ2n) is 6.25. The number of nitrogens with zero attached hydrogens (tertiary/aromatic N) is 2. The average Bonchev–Trinajstić information content (AvgIpc) is 3.61. The smallest absolute Gasteiger partial charge is 0.150 e. The van der Waals surface area contributed by atoms with Gasteiger partial charge in [0.15, 0.2) is 0 Å². The standard InChI is InChI=1S/C14H13N3.C6H5NO.C4H5N/c1-3-12(16-7-1)14(13-4-2-8-17-13)11-5-9-15-10-6-11;8-5-6-1-3-7-4-2-6;1-2-4-5-3-1/h1-10,14,16-17H;1-5H;1-5H. The Hall–Kier alpha value is -4.19. The molecule has 3 N–H and O–H groups in total. The summed E-state index contributed by atoms with van der Waals surface area (Å²) in [6, 6.07) is 19.6. The van der Waals surface area contributed by atoms with Crippen molar-refractivity contribution in [2.24, 2.45) is 0 Å². The van der Waals surface area contributed by atoms with Crippen LogP contribution in [0.25, 0.3) is 0 Å². The molecule has 0 radical (unpaired) electrons. The van der Waals surface area contributed by atoms with Crippen molar-refractivity contribution in [2.45, 2.75) is 5.92 Å². The number of pyridine rings is 2. The maximum Gasteiger partial charge on any atom is 0.150 e. The van der Waals surface area contributed by atoms with Crippen LogP contribution in [0.4, 0.5) is 0 Å². The fraction of sp³-hybridized carbons (Fsp3) is 0.0417. The molecule has 0 saturated carbocycles. The van der Waals surface area contributed by atoms with Crippen LogP contribution < -0.4 is 0 Å². The topological polar surface area (TPSA) is 90.2 Å². The van der Waals surface area contributed by atoms with E-state index in [1.807, 2.05) is 73.6 Å². The normalized spacial score (nSPS) is 9.77. The molecule has 0 bridgehead atoms. The number of nitrogens with one attached hydrogen (secondary N) is 3. The predicted octanol–water partition coefficient (Wildman–Crippen LogP) is 4.83. The van der Waals surface area contributed by atoms with E-state index in [0.717, 1.165) is 6.29 Å². The molecule has 5 heterocycles. The van der Waals surface area contributed by atoms with E-state index in [4.69, 9.17) is 0 Å². The maximum absolute atomic E-state index is 9.98. The van der Waals surface area contributed by atoms with Crippen LogP contribution in [0, 0.1) is 0 Å². The van der Waals surface area contributed by atoms with E-state index in [1.165, 1.54) is 17.0 Å². The van der Waals surface area contributed by atoms with Gasteiger partial charge in [-0.2, -0.15) is 0 Å². The van der Waals surface area contributed by atoms with Gasteiger partial charge in [-0.3, -0.25) is 14.8 Å². The van der Waals surface area contributed by atoms with Crippen molar-refractivity contribution in [2.75, 3.05) is 0 Å². The van der Waals surface area contributed by atoms with Gasteiger partial charge in [0.05, 0.1) is 5.92 Å². The summed E-state index contributed by atoms with van der Waals surface area (Å²) >= 11 is 0. The maximum atomic E-state index is 9.98. The Morgan fingerprint density at radius 1 is 0.667 bits per heavy atom. The van der Waals surface area contributed by atoms with Gasteiger partial charge in [-0.05, 0) is 66.2 Å². The van der Waals surface area contributed by atoms with Gasteiger partial charge in [0.25, 0.3) is 0 Å². The number of carbonyl (C=O) groups is 1.